The zero-order valence-corrected chi connectivity index (χ0v) is 34.4. The first kappa shape index (κ1) is 42.5. The molecular formula is C49H52O12. The summed E-state index contributed by atoms with van der Waals surface area (Å²) in [6.45, 7) is 4.09. The molecule has 0 saturated carbocycles. The van der Waals surface area contributed by atoms with Crippen LogP contribution in [0.25, 0.3) is 0 Å². The molecule has 3 saturated heterocycles. The summed E-state index contributed by atoms with van der Waals surface area (Å²) >= 11 is 0. The van der Waals surface area contributed by atoms with Crippen LogP contribution >= 0.6 is 0 Å². The fraction of sp³-hybridized carbons (Fsp3) is 0.367. The van der Waals surface area contributed by atoms with Crippen LogP contribution in [0.4, 0.5) is 0 Å². The number of hydrogen-bond donors (Lipinski definition) is 0. The lowest BCUT2D eigenvalue weighted by molar-refractivity contribution is -0.392. The minimum absolute atomic E-state index is 0.176. The number of carbonyl (C=O) groups is 1. The van der Waals surface area contributed by atoms with E-state index in [1.807, 2.05) is 128 Å². The first-order chi connectivity index (χ1) is 29.9. The average molecular weight is 833 g/mol. The topological polar surface area (TPSA) is 119 Å². The van der Waals surface area contributed by atoms with Crippen molar-refractivity contribution in [2.75, 3.05) is 13.7 Å². The highest BCUT2D eigenvalue weighted by Gasteiger charge is 2.56. The van der Waals surface area contributed by atoms with Gasteiger partial charge < -0.3 is 52.1 Å². The van der Waals surface area contributed by atoms with E-state index in [2.05, 4.69) is 0 Å². The Balaban J connectivity index is 1.16. The van der Waals surface area contributed by atoms with Gasteiger partial charge in [-0.05, 0) is 47.9 Å². The van der Waals surface area contributed by atoms with Crippen LogP contribution in [0.3, 0.4) is 0 Å². The third-order valence-electron chi connectivity index (χ3n) is 10.8. The van der Waals surface area contributed by atoms with E-state index < -0.39 is 73.7 Å². The molecule has 0 bridgehead atoms. The van der Waals surface area contributed by atoms with Gasteiger partial charge in [-0.25, -0.2) is 0 Å². The molecule has 0 aliphatic carbocycles. The lowest BCUT2D eigenvalue weighted by Crippen LogP contribution is -2.67. The third kappa shape index (κ3) is 10.8. The molecule has 5 aromatic carbocycles. The molecular weight excluding hydrogens is 781 g/mol. The lowest BCUT2D eigenvalue weighted by Gasteiger charge is -2.51. The molecule has 12 heteroatoms. The monoisotopic (exact) mass is 832 g/mol. The van der Waals surface area contributed by atoms with Crippen LogP contribution < -0.4 is 9.47 Å². The summed E-state index contributed by atoms with van der Waals surface area (Å²) < 4.78 is 71.8. The maximum atomic E-state index is 13.0. The van der Waals surface area contributed by atoms with Crippen molar-refractivity contribution in [3.8, 4) is 11.5 Å². The molecule has 3 aliphatic heterocycles. The van der Waals surface area contributed by atoms with Gasteiger partial charge in [0.05, 0.1) is 39.6 Å². The van der Waals surface area contributed by atoms with E-state index in [0.717, 1.165) is 22.3 Å². The maximum Gasteiger partial charge on any atom is 0.303 e. The molecule has 0 spiro atoms. The average Bonchev–Trinajstić information content (AvgIpc) is 3.30. The summed E-state index contributed by atoms with van der Waals surface area (Å²) in [4.78, 5) is 13.0. The first-order valence-electron chi connectivity index (χ1n) is 20.6. The highest BCUT2D eigenvalue weighted by Crippen LogP contribution is 2.40. The molecule has 3 fully saturated rings. The van der Waals surface area contributed by atoms with Crippen molar-refractivity contribution in [1.82, 2.24) is 0 Å². The Hall–Kier alpha value is -5.15. The van der Waals surface area contributed by atoms with Gasteiger partial charge in [-0.1, -0.05) is 121 Å². The van der Waals surface area contributed by atoms with Gasteiger partial charge in [-0.2, -0.15) is 0 Å². The molecule has 5 aromatic rings. The number of carbonyl (C=O) groups excluding carboxylic acids is 1. The molecule has 0 aromatic heterocycles. The Labute approximate surface area is 356 Å². The molecule has 61 heavy (non-hydrogen) atoms. The van der Waals surface area contributed by atoms with Gasteiger partial charge >= 0.3 is 5.97 Å². The molecule has 11 atom stereocenters. The van der Waals surface area contributed by atoms with Crippen LogP contribution in [0.15, 0.2) is 146 Å². The maximum absolute atomic E-state index is 13.0. The van der Waals surface area contributed by atoms with E-state index in [-0.39, 0.29) is 26.4 Å². The Morgan fingerprint density at radius 1 is 0.574 bits per heavy atom. The molecule has 3 aliphatic rings. The van der Waals surface area contributed by atoms with Crippen LogP contribution in [0.1, 0.15) is 42.4 Å². The third-order valence-corrected chi connectivity index (χ3v) is 10.8. The molecule has 0 radical (unpaired) electrons. The fourth-order valence-electron chi connectivity index (χ4n) is 7.81. The summed E-state index contributed by atoms with van der Waals surface area (Å²) in [5.74, 6) is 0.562. The van der Waals surface area contributed by atoms with Crippen LogP contribution in [-0.2, 0) is 67.2 Å². The number of esters is 1. The molecule has 0 amide bonds. The highest BCUT2D eigenvalue weighted by molar-refractivity contribution is 5.66. The van der Waals surface area contributed by atoms with E-state index >= 15 is 0 Å². The van der Waals surface area contributed by atoms with Crippen molar-refractivity contribution in [1.29, 1.82) is 0 Å². The zero-order chi connectivity index (χ0) is 42.0. The smallest absolute Gasteiger partial charge is 0.303 e. The van der Waals surface area contributed by atoms with E-state index in [4.69, 9.17) is 52.1 Å². The van der Waals surface area contributed by atoms with Crippen LogP contribution in [0.5, 0.6) is 11.5 Å². The molecule has 320 valence electrons. The lowest BCUT2D eigenvalue weighted by atomic mass is 9.95. The van der Waals surface area contributed by atoms with Gasteiger partial charge in [0.2, 0.25) is 6.29 Å². The minimum atomic E-state index is -1.13. The van der Waals surface area contributed by atoms with E-state index in [1.165, 1.54) is 6.92 Å². The first-order valence-corrected chi connectivity index (χ1v) is 20.6. The minimum Gasteiger partial charge on any atom is -0.497 e. The van der Waals surface area contributed by atoms with Gasteiger partial charge in [-0.3, -0.25) is 4.79 Å². The van der Waals surface area contributed by atoms with E-state index in [9.17, 15) is 4.79 Å². The van der Waals surface area contributed by atoms with Gasteiger partial charge in [0.1, 0.15) is 48.1 Å². The van der Waals surface area contributed by atoms with Gasteiger partial charge in [-0.15, -0.1) is 0 Å². The zero-order valence-electron chi connectivity index (χ0n) is 34.4. The summed E-state index contributed by atoms with van der Waals surface area (Å²) in [5.41, 5.74) is 3.71. The van der Waals surface area contributed by atoms with Crippen molar-refractivity contribution in [3.63, 3.8) is 0 Å². The van der Waals surface area contributed by atoms with Crippen molar-refractivity contribution in [2.24, 2.45) is 0 Å². The molecule has 0 N–H and O–H groups in total. The number of ether oxygens (including phenoxy) is 11. The normalized spacial score (nSPS) is 28.6. The number of hydrogen-bond acceptors (Lipinski definition) is 12. The quantitative estimate of drug-likeness (QED) is 0.0906. The number of rotatable bonds is 16. The largest absolute Gasteiger partial charge is 0.497 e. The van der Waals surface area contributed by atoms with Crippen molar-refractivity contribution >= 4 is 5.97 Å². The van der Waals surface area contributed by atoms with Gasteiger partial charge in [0.25, 0.3) is 0 Å². The second-order valence-corrected chi connectivity index (χ2v) is 15.2. The van der Waals surface area contributed by atoms with Crippen molar-refractivity contribution in [3.05, 3.63) is 168 Å². The van der Waals surface area contributed by atoms with Crippen LogP contribution in [0, 0.1) is 0 Å². The SMILES string of the molecule is COc1ccc(O[C@@H]2O[C@@H](C)[C@H](OCc3ccccc3)[C@@H](O[C@H]3O[C@@H]4COC(c5ccccc5)O[C@H]4[C@H](OCc4ccccc4)[C@H]3OCc3ccccc3)[C@H]2OC(C)=O)cc1. The van der Waals surface area contributed by atoms with Gasteiger partial charge in [0, 0.05) is 12.5 Å². The van der Waals surface area contributed by atoms with E-state index in [1.54, 1.807) is 31.4 Å². The summed E-state index contributed by atoms with van der Waals surface area (Å²) in [6, 6.07) is 46.4. The van der Waals surface area contributed by atoms with Crippen molar-refractivity contribution in [2.45, 2.75) is 101 Å². The summed E-state index contributed by atoms with van der Waals surface area (Å²) in [6.07, 6.45) is -9.25. The summed E-state index contributed by atoms with van der Waals surface area (Å²) in [5, 5.41) is 0. The predicted molar refractivity (Wildman–Crippen MR) is 222 cm³/mol. The number of methoxy groups -OCH3 is 1. The van der Waals surface area contributed by atoms with Crippen LogP contribution in [0.2, 0.25) is 0 Å². The number of benzene rings is 5. The van der Waals surface area contributed by atoms with Gasteiger partial charge in [0.15, 0.2) is 18.7 Å². The molecule has 3 heterocycles. The second kappa shape index (κ2) is 20.6. The standard InChI is InChI=1S/C49H52O12/c1-32-41(52-28-34-16-8-4-9-17-34)44(46(57-33(2)50)49(56-32)58-39-26-24-38(51-3)25-27-39)61-48-45(54-30-36-20-12-6-13-21-36)43(53-29-35-18-10-5-11-19-35)42-40(59-48)31-55-47(60-42)37-22-14-7-15-23-37/h4-27,32,40-49H,28-31H2,1-3H3/t32-,40+,41-,42+,43-,44+,45+,46+,47?,48+,49-/m0/s1. The highest BCUT2D eigenvalue weighted by atomic mass is 16.8. The Morgan fingerprint density at radius 2 is 1.10 bits per heavy atom. The Morgan fingerprint density at radius 3 is 1.66 bits per heavy atom. The molecule has 12 nitrogen and oxygen atoms in total. The fourth-order valence-corrected chi connectivity index (χ4v) is 7.81. The second-order valence-electron chi connectivity index (χ2n) is 15.2. The number of fused-ring (bicyclic) bond motifs is 1. The molecule has 8 rings (SSSR count). The van der Waals surface area contributed by atoms with Crippen LogP contribution in [-0.4, -0.2) is 81.1 Å². The van der Waals surface area contributed by atoms with Crippen molar-refractivity contribution < 1.29 is 56.9 Å². The molecule has 1 unspecified atom stereocenters. The summed E-state index contributed by atoms with van der Waals surface area (Å²) in [7, 11) is 1.59. The Kier molecular flexibility index (Phi) is 14.4. The Bertz CT molecular complexity index is 2070. The predicted octanol–water partition coefficient (Wildman–Crippen LogP) is 7.73. The van der Waals surface area contributed by atoms with E-state index in [0.29, 0.717) is 11.5 Å².